The lowest BCUT2D eigenvalue weighted by Crippen LogP contribution is -2.38. The molecule has 0 aliphatic heterocycles. The van der Waals surface area contributed by atoms with Crippen LogP contribution in [0.4, 0.5) is 0 Å². The molecule has 1 aliphatic carbocycles. The number of allylic oxidation sites excluding steroid dienone is 1. The summed E-state index contributed by atoms with van der Waals surface area (Å²) in [5, 5.41) is 3.60. The molecule has 0 aromatic rings. The zero-order chi connectivity index (χ0) is 12.7. The Bertz CT molecular complexity index is 221. The van der Waals surface area contributed by atoms with Gasteiger partial charge in [-0.25, -0.2) is 0 Å². The highest BCUT2D eigenvalue weighted by Gasteiger charge is 2.30. The second-order valence-corrected chi connectivity index (χ2v) is 5.40. The maximum Gasteiger partial charge on any atom is 0.0580 e. The molecule has 0 aromatic heterocycles. The Labute approximate surface area is 107 Å². The molecule has 17 heavy (non-hydrogen) atoms. The van der Waals surface area contributed by atoms with Gasteiger partial charge in [-0.2, -0.15) is 0 Å². The van der Waals surface area contributed by atoms with Crippen LogP contribution in [0.15, 0.2) is 12.2 Å². The van der Waals surface area contributed by atoms with E-state index in [4.69, 9.17) is 4.74 Å². The predicted molar refractivity (Wildman–Crippen MR) is 74.3 cm³/mol. The number of ether oxygens (including phenoxy) is 1. The van der Waals surface area contributed by atoms with Crippen LogP contribution in [0.1, 0.15) is 52.9 Å². The van der Waals surface area contributed by atoms with E-state index in [-0.39, 0.29) is 0 Å². The van der Waals surface area contributed by atoms with Gasteiger partial charge in [0.05, 0.1) is 6.10 Å². The van der Waals surface area contributed by atoms with Gasteiger partial charge in [0.25, 0.3) is 0 Å². The van der Waals surface area contributed by atoms with Crippen molar-refractivity contribution < 1.29 is 4.74 Å². The highest BCUT2D eigenvalue weighted by molar-refractivity contribution is 4.91. The quantitative estimate of drug-likeness (QED) is 0.622. The lowest BCUT2D eigenvalue weighted by atomic mass is 9.77. The Kier molecular flexibility index (Phi) is 6.83. The molecule has 1 fully saturated rings. The third kappa shape index (κ3) is 5.69. The molecule has 1 N–H and O–H groups in total. The Hall–Kier alpha value is -0.340. The van der Waals surface area contributed by atoms with E-state index in [9.17, 15) is 0 Å². The summed E-state index contributed by atoms with van der Waals surface area (Å²) in [6, 6.07) is 0.671. The van der Waals surface area contributed by atoms with Crippen molar-refractivity contribution in [1.29, 1.82) is 0 Å². The van der Waals surface area contributed by atoms with E-state index < -0.39 is 0 Å². The fourth-order valence-corrected chi connectivity index (χ4v) is 2.65. The van der Waals surface area contributed by atoms with Gasteiger partial charge in [-0.05, 0) is 58.4 Å². The molecule has 1 unspecified atom stereocenters. The van der Waals surface area contributed by atoms with Gasteiger partial charge in [-0.3, -0.25) is 0 Å². The summed E-state index contributed by atoms with van der Waals surface area (Å²) >= 11 is 0. The van der Waals surface area contributed by atoms with E-state index in [0.29, 0.717) is 12.1 Å². The maximum absolute atomic E-state index is 5.61. The molecule has 0 radical (unpaired) electrons. The molecule has 1 atom stereocenters. The van der Waals surface area contributed by atoms with Crippen LogP contribution < -0.4 is 5.32 Å². The second kappa shape index (κ2) is 7.88. The third-order valence-corrected chi connectivity index (χ3v) is 3.63. The van der Waals surface area contributed by atoms with Crippen molar-refractivity contribution in [3.8, 4) is 0 Å². The van der Waals surface area contributed by atoms with Crippen LogP contribution in [0.25, 0.3) is 0 Å². The number of rotatable bonds is 9. The monoisotopic (exact) mass is 239 g/mol. The standard InChI is InChI=1S/C15H29NO/c1-5-16-14(8-7-12(3)4)9-13-10-15(11-13)17-6-2/h13-16H,3,5-11H2,1-2,4H3. The smallest absolute Gasteiger partial charge is 0.0580 e. The van der Waals surface area contributed by atoms with Crippen molar-refractivity contribution in [2.45, 2.75) is 65.0 Å². The molecule has 100 valence electrons. The van der Waals surface area contributed by atoms with Crippen molar-refractivity contribution in [2.75, 3.05) is 13.2 Å². The minimum absolute atomic E-state index is 0.549. The van der Waals surface area contributed by atoms with Crippen molar-refractivity contribution >= 4 is 0 Å². The molecule has 0 aromatic carbocycles. The minimum Gasteiger partial charge on any atom is -0.378 e. The zero-order valence-electron chi connectivity index (χ0n) is 11.8. The molecular weight excluding hydrogens is 210 g/mol. The van der Waals surface area contributed by atoms with Gasteiger partial charge >= 0.3 is 0 Å². The second-order valence-electron chi connectivity index (χ2n) is 5.40. The van der Waals surface area contributed by atoms with Crippen molar-refractivity contribution in [2.24, 2.45) is 5.92 Å². The Morgan fingerprint density at radius 2 is 2.12 bits per heavy atom. The molecule has 2 heteroatoms. The Morgan fingerprint density at radius 1 is 1.41 bits per heavy atom. The van der Waals surface area contributed by atoms with E-state index in [2.05, 4.69) is 32.7 Å². The summed E-state index contributed by atoms with van der Waals surface area (Å²) in [5.41, 5.74) is 1.30. The summed E-state index contributed by atoms with van der Waals surface area (Å²) in [6.07, 6.45) is 6.78. The molecule has 0 heterocycles. The van der Waals surface area contributed by atoms with E-state index in [1.807, 2.05) is 0 Å². The van der Waals surface area contributed by atoms with Crippen LogP contribution >= 0.6 is 0 Å². The summed E-state index contributed by atoms with van der Waals surface area (Å²) < 4.78 is 5.61. The SMILES string of the molecule is C=C(C)CCC(CC1CC(OCC)C1)NCC. The van der Waals surface area contributed by atoms with Crippen molar-refractivity contribution in [3.63, 3.8) is 0 Å². The summed E-state index contributed by atoms with van der Waals surface area (Å²) in [6.45, 7) is 12.3. The Morgan fingerprint density at radius 3 is 2.65 bits per heavy atom. The summed E-state index contributed by atoms with van der Waals surface area (Å²) in [4.78, 5) is 0. The molecule has 2 nitrogen and oxygen atoms in total. The van der Waals surface area contributed by atoms with Crippen LogP contribution in [0, 0.1) is 5.92 Å². The fourth-order valence-electron chi connectivity index (χ4n) is 2.65. The fraction of sp³-hybridized carbons (Fsp3) is 0.867. The molecular formula is C15H29NO. The van der Waals surface area contributed by atoms with Crippen LogP contribution in [0.2, 0.25) is 0 Å². The molecule has 0 saturated heterocycles. The molecule has 0 bridgehead atoms. The minimum atomic E-state index is 0.549. The third-order valence-electron chi connectivity index (χ3n) is 3.63. The molecule has 0 amide bonds. The number of hydrogen-bond donors (Lipinski definition) is 1. The zero-order valence-corrected chi connectivity index (χ0v) is 11.8. The van der Waals surface area contributed by atoms with Gasteiger partial charge < -0.3 is 10.1 Å². The molecule has 1 saturated carbocycles. The highest BCUT2D eigenvalue weighted by atomic mass is 16.5. The van der Waals surface area contributed by atoms with Gasteiger partial charge in [0.15, 0.2) is 0 Å². The number of hydrogen-bond acceptors (Lipinski definition) is 2. The topological polar surface area (TPSA) is 21.3 Å². The first-order valence-electron chi connectivity index (χ1n) is 7.15. The van der Waals surface area contributed by atoms with Crippen LogP contribution in [0.3, 0.4) is 0 Å². The lowest BCUT2D eigenvalue weighted by Gasteiger charge is -2.37. The van der Waals surface area contributed by atoms with Gasteiger partial charge in [0.2, 0.25) is 0 Å². The normalized spacial score (nSPS) is 25.4. The average molecular weight is 239 g/mol. The summed E-state index contributed by atoms with van der Waals surface area (Å²) in [7, 11) is 0. The average Bonchev–Trinajstić information content (AvgIpc) is 2.23. The largest absolute Gasteiger partial charge is 0.378 e. The van der Waals surface area contributed by atoms with E-state index in [1.165, 1.54) is 31.3 Å². The molecule has 0 spiro atoms. The number of nitrogens with one attached hydrogen (secondary N) is 1. The van der Waals surface area contributed by atoms with E-state index >= 15 is 0 Å². The maximum atomic E-state index is 5.61. The van der Waals surface area contributed by atoms with Gasteiger partial charge in [-0.1, -0.05) is 12.5 Å². The first kappa shape index (κ1) is 14.7. The van der Waals surface area contributed by atoms with Gasteiger partial charge in [-0.15, -0.1) is 6.58 Å². The van der Waals surface area contributed by atoms with Crippen molar-refractivity contribution in [1.82, 2.24) is 5.32 Å². The van der Waals surface area contributed by atoms with Crippen LogP contribution in [-0.4, -0.2) is 25.3 Å². The van der Waals surface area contributed by atoms with Crippen molar-refractivity contribution in [3.05, 3.63) is 12.2 Å². The Balaban J connectivity index is 2.18. The first-order valence-corrected chi connectivity index (χ1v) is 7.15. The predicted octanol–water partition coefficient (Wildman–Crippen LogP) is 3.53. The lowest BCUT2D eigenvalue weighted by molar-refractivity contribution is -0.0291. The molecule has 1 aliphatic rings. The highest BCUT2D eigenvalue weighted by Crippen LogP contribution is 2.34. The first-order chi connectivity index (χ1) is 8.15. The van der Waals surface area contributed by atoms with Gasteiger partial charge in [0.1, 0.15) is 0 Å². The summed E-state index contributed by atoms with van der Waals surface area (Å²) in [5.74, 6) is 0.876. The van der Waals surface area contributed by atoms with Crippen LogP contribution in [0.5, 0.6) is 0 Å². The van der Waals surface area contributed by atoms with E-state index in [0.717, 1.165) is 25.5 Å². The van der Waals surface area contributed by atoms with Crippen LogP contribution in [-0.2, 0) is 4.74 Å². The molecule has 1 rings (SSSR count). The van der Waals surface area contributed by atoms with Gasteiger partial charge in [0, 0.05) is 12.6 Å². The van der Waals surface area contributed by atoms with E-state index in [1.54, 1.807) is 0 Å².